The monoisotopic (exact) mass is 393 g/mol. The molecule has 1 unspecified atom stereocenters. The predicted molar refractivity (Wildman–Crippen MR) is 86.0 cm³/mol. The normalized spacial score (nSPS) is 12.5. The molecule has 112 valence electrons. The first-order chi connectivity index (χ1) is 9.92. The zero-order valence-corrected chi connectivity index (χ0v) is 14.2. The molecule has 1 atom stereocenters. The Hall–Kier alpha value is -0.680. The van der Waals surface area contributed by atoms with Crippen molar-refractivity contribution >= 4 is 39.1 Å². The Balaban J connectivity index is 2.31. The van der Waals surface area contributed by atoms with Gasteiger partial charge in [0.05, 0.1) is 14.5 Å². The maximum atomic E-state index is 14.0. The van der Waals surface area contributed by atoms with E-state index in [2.05, 4.69) is 21.2 Å². The molecule has 0 saturated heterocycles. The van der Waals surface area contributed by atoms with Gasteiger partial charge < -0.3 is 5.32 Å². The van der Waals surface area contributed by atoms with Crippen molar-refractivity contribution in [2.45, 2.75) is 12.5 Å². The van der Waals surface area contributed by atoms with E-state index in [-0.39, 0.29) is 16.1 Å². The van der Waals surface area contributed by atoms with Crippen LogP contribution in [0.2, 0.25) is 10.0 Å². The lowest BCUT2D eigenvalue weighted by molar-refractivity contribution is 0.521. The first-order valence-corrected chi connectivity index (χ1v) is 7.73. The lowest BCUT2D eigenvalue weighted by atomic mass is 9.98. The molecule has 0 fully saturated rings. The third kappa shape index (κ3) is 3.95. The molecule has 0 saturated carbocycles. The first kappa shape index (κ1) is 16.7. The van der Waals surface area contributed by atoms with E-state index in [9.17, 15) is 8.78 Å². The molecule has 0 amide bonds. The molecule has 0 heterocycles. The van der Waals surface area contributed by atoms with Crippen molar-refractivity contribution in [2.75, 3.05) is 7.05 Å². The average Bonchev–Trinajstić information content (AvgIpc) is 2.44. The third-order valence-corrected chi connectivity index (χ3v) is 4.53. The molecule has 0 bridgehead atoms. The van der Waals surface area contributed by atoms with E-state index in [0.29, 0.717) is 16.5 Å². The van der Waals surface area contributed by atoms with Gasteiger partial charge in [-0.05, 0) is 59.2 Å². The van der Waals surface area contributed by atoms with Crippen LogP contribution < -0.4 is 5.32 Å². The molecule has 1 nitrogen and oxygen atoms in total. The fourth-order valence-corrected chi connectivity index (χ4v) is 2.71. The summed E-state index contributed by atoms with van der Waals surface area (Å²) in [6.45, 7) is 0. The smallest absolute Gasteiger partial charge is 0.137 e. The highest BCUT2D eigenvalue weighted by atomic mass is 79.9. The molecule has 0 aliphatic heterocycles. The summed E-state index contributed by atoms with van der Waals surface area (Å²) < 4.78 is 27.8. The summed E-state index contributed by atoms with van der Waals surface area (Å²) in [5, 5.41) is 3.89. The van der Waals surface area contributed by atoms with Gasteiger partial charge in [0.2, 0.25) is 0 Å². The zero-order valence-electron chi connectivity index (χ0n) is 11.1. The molecule has 0 aliphatic rings. The maximum absolute atomic E-state index is 14.0. The molecule has 21 heavy (non-hydrogen) atoms. The van der Waals surface area contributed by atoms with Crippen molar-refractivity contribution in [1.82, 2.24) is 5.32 Å². The van der Waals surface area contributed by atoms with E-state index in [4.69, 9.17) is 23.2 Å². The molecule has 1 N–H and O–H groups in total. The molecule has 6 heteroatoms. The van der Waals surface area contributed by atoms with Crippen LogP contribution in [-0.2, 0) is 6.42 Å². The van der Waals surface area contributed by atoms with Crippen LogP contribution in [0.4, 0.5) is 8.78 Å². The third-order valence-electron chi connectivity index (χ3n) is 3.19. The summed E-state index contributed by atoms with van der Waals surface area (Å²) in [5.74, 6) is -0.969. The van der Waals surface area contributed by atoms with E-state index in [1.54, 1.807) is 19.2 Å². The van der Waals surface area contributed by atoms with Gasteiger partial charge in [-0.25, -0.2) is 8.78 Å². The second kappa shape index (κ2) is 7.05. The van der Waals surface area contributed by atoms with Gasteiger partial charge in [-0.3, -0.25) is 0 Å². The van der Waals surface area contributed by atoms with Gasteiger partial charge >= 0.3 is 0 Å². The van der Waals surface area contributed by atoms with E-state index in [0.717, 1.165) is 11.6 Å². The largest absolute Gasteiger partial charge is 0.313 e. The van der Waals surface area contributed by atoms with Gasteiger partial charge in [0.1, 0.15) is 11.6 Å². The van der Waals surface area contributed by atoms with Gasteiger partial charge in [-0.1, -0.05) is 29.3 Å². The predicted octanol–water partition coefficient (Wildman–Crippen LogP) is 5.54. The van der Waals surface area contributed by atoms with Crippen LogP contribution in [-0.4, -0.2) is 7.05 Å². The summed E-state index contributed by atoms with van der Waals surface area (Å²) in [7, 11) is 1.70. The van der Waals surface area contributed by atoms with Crippen molar-refractivity contribution in [3.05, 3.63) is 67.6 Å². The Morgan fingerprint density at radius 1 is 1.10 bits per heavy atom. The summed E-state index contributed by atoms with van der Waals surface area (Å²) in [5.41, 5.74) is 1.15. The topological polar surface area (TPSA) is 12.0 Å². The Labute approximate surface area is 140 Å². The van der Waals surface area contributed by atoms with Crippen molar-refractivity contribution in [3.63, 3.8) is 0 Å². The van der Waals surface area contributed by atoms with Crippen LogP contribution in [0, 0.1) is 11.6 Å². The van der Waals surface area contributed by atoms with Crippen LogP contribution in [0.5, 0.6) is 0 Å². The molecule has 0 aliphatic carbocycles. The fraction of sp³-hybridized carbons (Fsp3) is 0.200. The molecular formula is C15H12BrCl2F2N. The number of hydrogen-bond acceptors (Lipinski definition) is 1. The molecule has 2 aromatic rings. The number of hydrogen-bond donors (Lipinski definition) is 1. The number of benzene rings is 2. The van der Waals surface area contributed by atoms with Gasteiger partial charge in [-0.2, -0.15) is 0 Å². The molecule has 0 aromatic heterocycles. The molecular weight excluding hydrogens is 383 g/mol. The minimum atomic E-state index is -0.499. The number of halogens is 5. The van der Waals surface area contributed by atoms with Crippen molar-refractivity contribution in [1.29, 1.82) is 0 Å². The standard InChI is InChI=1S/C15H12BrCl2F2N/c1-21-15(5-8-2-3-11(17)12(18)4-8)9-6-14(20)10(16)7-13(9)19/h2-4,6-7,15,21H,5H2,1H3. The van der Waals surface area contributed by atoms with E-state index in [1.165, 1.54) is 6.07 Å². The second-order valence-electron chi connectivity index (χ2n) is 4.58. The summed E-state index contributed by atoms with van der Waals surface area (Å²) in [4.78, 5) is 0. The quantitative estimate of drug-likeness (QED) is 0.671. The number of nitrogens with one attached hydrogen (secondary N) is 1. The number of likely N-dealkylation sites (N-methyl/N-ethyl adjacent to an activating group) is 1. The Morgan fingerprint density at radius 3 is 2.43 bits per heavy atom. The highest BCUT2D eigenvalue weighted by Gasteiger charge is 2.17. The molecule has 0 spiro atoms. The van der Waals surface area contributed by atoms with Crippen LogP contribution >= 0.6 is 39.1 Å². The van der Waals surface area contributed by atoms with Gasteiger partial charge in [-0.15, -0.1) is 0 Å². The first-order valence-electron chi connectivity index (χ1n) is 6.18. The van der Waals surface area contributed by atoms with Gasteiger partial charge in [0, 0.05) is 11.6 Å². The van der Waals surface area contributed by atoms with Crippen LogP contribution in [0.1, 0.15) is 17.2 Å². The Morgan fingerprint density at radius 2 is 1.81 bits per heavy atom. The minimum absolute atomic E-state index is 0.105. The van der Waals surface area contributed by atoms with E-state index >= 15 is 0 Å². The van der Waals surface area contributed by atoms with Crippen LogP contribution in [0.15, 0.2) is 34.8 Å². The summed E-state index contributed by atoms with van der Waals surface area (Å²) in [6.07, 6.45) is 0.464. The second-order valence-corrected chi connectivity index (χ2v) is 6.25. The highest BCUT2D eigenvalue weighted by Crippen LogP contribution is 2.28. The molecule has 2 aromatic carbocycles. The van der Waals surface area contributed by atoms with Gasteiger partial charge in [0.15, 0.2) is 0 Å². The average molecular weight is 395 g/mol. The summed E-state index contributed by atoms with van der Waals surface area (Å²) >= 11 is 14.8. The van der Waals surface area contributed by atoms with Gasteiger partial charge in [0.25, 0.3) is 0 Å². The maximum Gasteiger partial charge on any atom is 0.137 e. The van der Waals surface area contributed by atoms with Crippen molar-refractivity contribution in [2.24, 2.45) is 0 Å². The zero-order chi connectivity index (χ0) is 15.6. The Bertz CT molecular complexity index is 664. The highest BCUT2D eigenvalue weighted by molar-refractivity contribution is 9.10. The summed E-state index contributed by atoms with van der Waals surface area (Å²) in [6, 6.07) is 7.17. The SMILES string of the molecule is CNC(Cc1ccc(Cl)c(Cl)c1)c1cc(F)c(Br)cc1F. The number of rotatable bonds is 4. The minimum Gasteiger partial charge on any atom is -0.313 e. The van der Waals surface area contributed by atoms with Crippen molar-refractivity contribution < 1.29 is 8.78 Å². The lowest BCUT2D eigenvalue weighted by Gasteiger charge is -2.18. The van der Waals surface area contributed by atoms with Crippen molar-refractivity contribution in [3.8, 4) is 0 Å². The van der Waals surface area contributed by atoms with Crippen LogP contribution in [0.3, 0.4) is 0 Å². The van der Waals surface area contributed by atoms with E-state index in [1.807, 2.05) is 6.07 Å². The molecule has 2 rings (SSSR count). The van der Waals surface area contributed by atoms with Crippen LogP contribution in [0.25, 0.3) is 0 Å². The molecule has 0 radical (unpaired) electrons. The fourth-order valence-electron chi connectivity index (χ4n) is 2.07. The Kier molecular flexibility index (Phi) is 5.60. The lowest BCUT2D eigenvalue weighted by Crippen LogP contribution is -2.20. The van der Waals surface area contributed by atoms with E-state index < -0.39 is 11.6 Å².